The summed E-state index contributed by atoms with van der Waals surface area (Å²) in [6.07, 6.45) is 11.7. The maximum Gasteiger partial charge on any atom is 0.270 e. The normalized spacial score (nSPS) is 25.6. The third-order valence-electron chi connectivity index (χ3n) is 6.52. The number of hydrogen-bond donors (Lipinski definition) is 1. The molecule has 2 atom stereocenters. The molecule has 1 unspecified atom stereocenters. The van der Waals surface area contributed by atoms with E-state index >= 15 is 0 Å². The lowest BCUT2D eigenvalue weighted by atomic mass is 9.87. The van der Waals surface area contributed by atoms with Gasteiger partial charge in [0, 0.05) is 39.6 Å². The predicted octanol–water partition coefficient (Wildman–Crippen LogP) is 2.95. The van der Waals surface area contributed by atoms with Crippen LogP contribution in [-0.2, 0) is 19.4 Å². The molecule has 30 heavy (non-hydrogen) atoms. The molecule has 0 saturated carbocycles. The minimum atomic E-state index is -0.496. The number of carbonyl (C=O) groups excluding carboxylic acids is 1. The number of allylic oxidation sites excluding steroid dienone is 2. The van der Waals surface area contributed by atoms with Crippen LogP contribution in [0.5, 0.6) is 0 Å². The van der Waals surface area contributed by atoms with E-state index < -0.39 is 5.54 Å². The summed E-state index contributed by atoms with van der Waals surface area (Å²) < 4.78 is 2.24. The van der Waals surface area contributed by atoms with Crippen LogP contribution >= 0.6 is 0 Å². The quantitative estimate of drug-likeness (QED) is 0.848. The van der Waals surface area contributed by atoms with E-state index in [0.29, 0.717) is 18.2 Å². The van der Waals surface area contributed by atoms with Gasteiger partial charge in [0.15, 0.2) is 5.82 Å². The molecular weight excluding hydrogens is 376 g/mol. The van der Waals surface area contributed by atoms with Crippen molar-refractivity contribution in [2.75, 3.05) is 13.6 Å². The highest BCUT2D eigenvalue weighted by atomic mass is 16.2. The van der Waals surface area contributed by atoms with Crippen molar-refractivity contribution in [1.29, 1.82) is 0 Å². The van der Waals surface area contributed by atoms with Gasteiger partial charge in [0.2, 0.25) is 0 Å². The van der Waals surface area contributed by atoms with E-state index in [1.807, 2.05) is 31.3 Å². The zero-order chi connectivity index (χ0) is 20.9. The number of aryl methyl sites for hydroxylation is 1. The molecule has 0 saturated heterocycles. The number of likely N-dealkylation sites (N-methyl/N-ethyl adjacent to an activating group) is 1. The summed E-state index contributed by atoms with van der Waals surface area (Å²) in [6, 6.07) is 2.36. The summed E-state index contributed by atoms with van der Waals surface area (Å²) in [7, 11) is 2.10. The molecule has 2 aromatic rings. The zero-order valence-electron chi connectivity index (χ0n) is 17.9. The second-order valence-electron chi connectivity index (χ2n) is 9.12. The van der Waals surface area contributed by atoms with E-state index in [2.05, 4.69) is 50.0 Å². The van der Waals surface area contributed by atoms with Crippen molar-refractivity contribution >= 4 is 11.5 Å². The molecule has 7 nitrogen and oxygen atoms in total. The van der Waals surface area contributed by atoms with E-state index in [0.717, 1.165) is 49.6 Å². The van der Waals surface area contributed by atoms with Gasteiger partial charge in [-0.3, -0.25) is 9.78 Å². The third kappa shape index (κ3) is 3.37. The van der Waals surface area contributed by atoms with Gasteiger partial charge in [0.25, 0.3) is 5.91 Å². The largest absolute Gasteiger partial charge is 0.342 e. The Hall–Kier alpha value is -2.80. The second kappa shape index (κ2) is 7.16. The Bertz CT molecular complexity index is 1070. The van der Waals surface area contributed by atoms with Crippen molar-refractivity contribution in [3.05, 3.63) is 59.0 Å². The van der Waals surface area contributed by atoms with E-state index in [1.54, 1.807) is 0 Å². The lowest BCUT2D eigenvalue weighted by molar-refractivity contribution is 0.0918. The number of hydrogen-bond acceptors (Lipinski definition) is 5. The Kier molecular flexibility index (Phi) is 4.58. The smallest absolute Gasteiger partial charge is 0.270 e. The van der Waals surface area contributed by atoms with Crippen molar-refractivity contribution in [3.8, 4) is 0 Å². The first-order valence-corrected chi connectivity index (χ1v) is 10.7. The summed E-state index contributed by atoms with van der Waals surface area (Å²) >= 11 is 0. The van der Waals surface area contributed by atoms with Crippen molar-refractivity contribution in [3.63, 3.8) is 0 Å². The van der Waals surface area contributed by atoms with Gasteiger partial charge in [0.05, 0.1) is 5.54 Å². The average Bonchev–Trinajstić information content (AvgIpc) is 3.30. The van der Waals surface area contributed by atoms with Gasteiger partial charge in [-0.05, 0) is 56.5 Å². The molecule has 3 aliphatic rings. The standard InChI is InChI=1S/C23H28N6O.H2/c1-15-6-7-20-26-27-21(29(15)20)16-5-4-9-23(2,12-16)25-22(30)19-11-18-14-28(3)10-8-17(18)13-24-19;/h4-5,9,11,13,15H,6-8,10,12,14H2,1-3H3,(H,25,30);1H/t15-,23?;/m1./s1. The van der Waals surface area contributed by atoms with Gasteiger partial charge in [-0.2, -0.15) is 0 Å². The second-order valence-corrected chi connectivity index (χ2v) is 9.12. The maximum atomic E-state index is 13.0. The number of aromatic nitrogens is 4. The minimum Gasteiger partial charge on any atom is -0.342 e. The molecule has 4 heterocycles. The highest BCUT2D eigenvalue weighted by molar-refractivity contribution is 5.93. The Labute approximate surface area is 178 Å². The average molecular weight is 407 g/mol. The van der Waals surface area contributed by atoms with Gasteiger partial charge in [-0.15, -0.1) is 10.2 Å². The lowest BCUT2D eigenvalue weighted by Crippen LogP contribution is -2.45. The molecule has 1 N–H and O–H groups in total. The first-order valence-electron chi connectivity index (χ1n) is 10.7. The summed E-state index contributed by atoms with van der Waals surface area (Å²) in [5.74, 6) is 1.84. The fourth-order valence-electron chi connectivity index (χ4n) is 4.80. The summed E-state index contributed by atoms with van der Waals surface area (Å²) in [6.45, 7) is 6.15. The number of nitrogens with zero attached hydrogens (tertiary/aromatic N) is 5. The van der Waals surface area contributed by atoms with E-state index in [-0.39, 0.29) is 7.33 Å². The highest BCUT2D eigenvalue weighted by Crippen LogP contribution is 2.34. The fraction of sp³-hybridized carbons (Fsp3) is 0.478. The van der Waals surface area contributed by atoms with Crippen LogP contribution in [0.1, 0.15) is 67.4 Å². The Balaban J connectivity index is 0.00000231. The Morgan fingerprint density at radius 1 is 1.30 bits per heavy atom. The Morgan fingerprint density at radius 3 is 3.03 bits per heavy atom. The molecule has 7 heteroatoms. The van der Waals surface area contributed by atoms with Gasteiger partial charge < -0.3 is 14.8 Å². The summed E-state index contributed by atoms with van der Waals surface area (Å²) in [5, 5.41) is 12.0. The molecule has 2 aliphatic heterocycles. The molecular formula is C23H30N6O. The molecule has 0 aromatic carbocycles. The van der Waals surface area contributed by atoms with Crippen LogP contribution in [0.3, 0.4) is 0 Å². The number of rotatable bonds is 3. The van der Waals surface area contributed by atoms with E-state index in [1.165, 1.54) is 11.1 Å². The van der Waals surface area contributed by atoms with Gasteiger partial charge in [-0.1, -0.05) is 18.2 Å². The zero-order valence-corrected chi connectivity index (χ0v) is 17.9. The summed E-state index contributed by atoms with van der Waals surface area (Å²) in [5.41, 5.74) is 3.53. The van der Waals surface area contributed by atoms with Gasteiger partial charge in [0.1, 0.15) is 11.5 Å². The predicted molar refractivity (Wildman–Crippen MR) is 117 cm³/mol. The van der Waals surface area contributed by atoms with Crippen LogP contribution in [0, 0.1) is 0 Å². The van der Waals surface area contributed by atoms with E-state index in [9.17, 15) is 4.79 Å². The molecule has 2 aromatic heterocycles. The van der Waals surface area contributed by atoms with Crippen molar-refractivity contribution in [1.82, 2.24) is 30.0 Å². The maximum absolute atomic E-state index is 13.0. The molecule has 0 bridgehead atoms. The Morgan fingerprint density at radius 2 is 2.17 bits per heavy atom. The molecule has 0 spiro atoms. The number of amides is 1. The lowest BCUT2D eigenvalue weighted by Gasteiger charge is -2.31. The fourth-order valence-corrected chi connectivity index (χ4v) is 4.80. The van der Waals surface area contributed by atoms with Crippen LogP contribution in [0.4, 0.5) is 0 Å². The number of pyridine rings is 1. The number of fused-ring (bicyclic) bond motifs is 2. The van der Waals surface area contributed by atoms with Gasteiger partial charge in [-0.25, -0.2) is 0 Å². The van der Waals surface area contributed by atoms with Gasteiger partial charge >= 0.3 is 0 Å². The molecule has 1 amide bonds. The van der Waals surface area contributed by atoms with Crippen LogP contribution < -0.4 is 5.32 Å². The third-order valence-corrected chi connectivity index (χ3v) is 6.52. The molecule has 0 fully saturated rings. The number of nitrogens with one attached hydrogen (secondary N) is 1. The van der Waals surface area contributed by atoms with Crippen LogP contribution in [0.15, 0.2) is 30.5 Å². The first kappa shape index (κ1) is 19.2. The van der Waals surface area contributed by atoms with Crippen LogP contribution in [0.2, 0.25) is 0 Å². The van der Waals surface area contributed by atoms with Crippen LogP contribution in [-0.4, -0.2) is 49.7 Å². The first-order chi connectivity index (χ1) is 14.4. The highest BCUT2D eigenvalue weighted by Gasteiger charge is 2.32. The SMILES string of the molecule is C[C@@H]1CCc2nnc(C3=CC=CC(C)(NC(=O)c4cc5c(cn4)CCN(C)C5)C3)n21.[HH]. The summed E-state index contributed by atoms with van der Waals surface area (Å²) in [4.78, 5) is 19.8. The van der Waals surface area contributed by atoms with E-state index in [4.69, 9.17) is 0 Å². The molecule has 0 radical (unpaired) electrons. The van der Waals surface area contributed by atoms with Crippen molar-refractivity contribution in [2.24, 2.45) is 0 Å². The van der Waals surface area contributed by atoms with Crippen molar-refractivity contribution in [2.45, 2.75) is 57.7 Å². The molecule has 158 valence electrons. The minimum absolute atomic E-state index is 0. The topological polar surface area (TPSA) is 75.9 Å². The monoisotopic (exact) mass is 406 g/mol. The van der Waals surface area contributed by atoms with Crippen LogP contribution in [0.25, 0.3) is 5.57 Å². The van der Waals surface area contributed by atoms with Crippen molar-refractivity contribution < 1.29 is 6.22 Å². The molecule has 1 aliphatic carbocycles. The molecule has 5 rings (SSSR count). The number of carbonyl (C=O) groups is 1.